The van der Waals surface area contributed by atoms with Gasteiger partial charge in [-0.1, -0.05) is 18.2 Å². The normalized spacial score (nSPS) is 11.0. The Kier molecular flexibility index (Phi) is 5.70. The van der Waals surface area contributed by atoms with Gasteiger partial charge in [-0.05, 0) is 57.3 Å². The molecule has 0 aliphatic heterocycles. The van der Waals surface area contributed by atoms with Crippen molar-refractivity contribution in [1.82, 2.24) is 30.9 Å². The van der Waals surface area contributed by atoms with Gasteiger partial charge in [0.2, 0.25) is 0 Å². The Labute approximate surface area is 169 Å². The van der Waals surface area contributed by atoms with Crippen LogP contribution in [0.25, 0.3) is 16.9 Å². The first-order valence-corrected chi connectivity index (χ1v) is 9.18. The van der Waals surface area contributed by atoms with Crippen LogP contribution < -0.4 is 16.2 Å². The zero-order valence-corrected chi connectivity index (χ0v) is 16.7. The fraction of sp³-hybridized carbons (Fsp3) is 0.200. The number of pyridine rings is 1. The topological polar surface area (TPSA) is 83.9 Å². The molecule has 2 aromatic heterocycles. The van der Waals surface area contributed by atoms with E-state index in [4.69, 9.17) is 12.2 Å². The quantitative estimate of drug-likeness (QED) is 0.468. The van der Waals surface area contributed by atoms with Gasteiger partial charge in [0.25, 0.3) is 5.91 Å². The van der Waals surface area contributed by atoms with Crippen LogP contribution in [0.3, 0.4) is 0 Å². The van der Waals surface area contributed by atoms with Crippen molar-refractivity contribution >= 4 is 23.2 Å². The van der Waals surface area contributed by atoms with Gasteiger partial charge in [0.05, 0.1) is 11.3 Å². The first kappa shape index (κ1) is 19.5. The number of benzene rings is 1. The maximum Gasteiger partial charge on any atom is 0.273 e. The van der Waals surface area contributed by atoms with E-state index in [1.54, 1.807) is 29.3 Å². The van der Waals surface area contributed by atoms with Gasteiger partial charge in [0.1, 0.15) is 5.69 Å². The zero-order valence-electron chi connectivity index (χ0n) is 15.9. The van der Waals surface area contributed by atoms with E-state index in [1.165, 1.54) is 0 Å². The smallest absolute Gasteiger partial charge is 0.273 e. The first-order valence-electron chi connectivity index (χ1n) is 8.77. The molecular formula is C20H22N6OS. The molecule has 0 unspecified atom stereocenters. The molecule has 0 fully saturated rings. The molecule has 28 heavy (non-hydrogen) atoms. The van der Waals surface area contributed by atoms with E-state index in [2.05, 4.69) is 26.3 Å². The van der Waals surface area contributed by atoms with Crippen molar-refractivity contribution in [2.75, 3.05) is 0 Å². The van der Waals surface area contributed by atoms with Crippen molar-refractivity contribution in [1.29, 1.82) is 0 Å². The van der Waals surface area contributed by atoms with Gasteiger partial charge in [0.15, 0.2) is 5.11 Å². The SMILES string of the molecule is CC(C)(C)NC(=S)NNC(=O)c1cn(-c2ccccc2)nc1-c1cccnc1. The molecule has 7 nitrogen and oxygen atoms in total. The number of aromatic nitrogens is 3. The molecule has 0 atom stereocenters. The van der Waals surface area contributed by atoms with E-state index in [9.17, 15) is 4.79 Å². The zero-order chi connectivity index (χ0) is 20.1. The number of rotatable bonds is 3. The van der Waals surface area contributed by atoms with E-state index in [0.717, 1.165) is 11.3 Å². The Morgan fingerprint density at radius 1 is 1.07 bits per heavy atom. The van der Waals surface area contributed by atoms with E-state index in [0.29, 0.717) is 16.4 Å². The summed E-state index contributed by atoms with van der Waals surface area (Å²) in [5.74, 6) is -0.348. The number of hydrogen-bond donors (Lipinski definition) is 3. The monoisotopic (exact) mass is 394 g/mol. The Morgan fingerprint density at radius 3 is 2.46 bits per heavy atom. The summed E-state index contributed by atoms with van der Waals surface area (Å²) in [5, 5.41) is 8.01. The van der Waals surface area contributed by atoms with Crippen LogP contribution in [0.1, 0.15) is 31.1 Å². The third kappa shape index (κ3) is 4.92. The molecule has 0 saturated carbocycles. The number of hydrogen-bond acceptors (Lipinski definition) is 4. The molecule has 0 bridgehead atoms. The van der Waals surface area contributed by atoms with Gasteiger partial charge in [0, 0.05) is 29.7 Å². The average Bonchev–Trinajstić information content (AvgIpc) is 3.12. The molecule has 3 aromatic rings. The number of hydrazine groups is 1. The third-order valence-corrected chi connectivity index (χ3v) is 3.90. The van der Waals surface area contributed by atoms with Gasteiger partial charge in [-0.3, -0.25) is 20.6 Å². The van der Waals surface area contributed by atoms with Crippen molar-refractivity contribution in [2.45, 2.75) is 26.3 Å². The van der Waals surface area contributed by atoms with E-state index in [-0.39, 0.29) is 11.4 Å². The molecule has 0 saturated heterocycles. The lowest BCUT2D eigenvalue weighted by atomic mass is 10.1. The number of nitrogens with one attached hydrogen (secondary N) is 3. The Balaban J connectivity index is 1.87. The van der Waals surface area contributed by atoms with Crippen molar-refractivity contribution < 1.29 is 4.79 Å². The fourth-order valence-electron chi connectivity index (χ4n) is 2.52. The van der Waals surface area contributed by atoms with Crippen molar-refractivity contribution in [3.8, 4) is 16.9 Å². The lowest BCUT2D eigenvalue weighted by molar-refractivity contribution is 0.0944. The van der Waals surface area contributed by atoms with Gasteiger partial charge < -0.3 is 5.32 Å². The predicted molar refractivity (Wildman–Crippen MR) is 113 cm³/mol. The number of carbonyl (C=O) groups is 1. The van der Waals surface area contributed by atoms with Crippen molar-refractivity contribution in [3.05, 3.63) is 66.6 Å². The minimum absolute atomic E-state index is 0.214. The fourth-order valence-corrected chi connectivity index (χ4v) is 2.88. The number of nitrogens with zero attached hydrogens (tertiary/aromatic N) is 3. The second-order valence-electron chi connectivity index (χ2n) is 7.20. The summed E-state index contributed by atoms with van der Waals surface area (Å²) in [5.41, 5.74) is 7.69. The second-order valence-corrected chi connectivity index (χ2v) is 7.60. The minimum Gasteiger partial charge on any atom is -0.357 e. The molecule has 2 heterocycles. The molecule has 0 aliphatic carbocycles. The number of carbonyl (C=O) groups excluding carboxylic acids is 1. The summed E-state index contributed by atoms with van der Waals surface area (Å²) in [6.07, 6.45) is 5.04. The second kappa shape index (κ2) is 8.18. The maximum absolute atomic E-state index is 12.8. The van der Waals surface area contributed by atoms with Crippen LogP contribution in [-0.2, 0) is 0 Å². The largest absolute Gasteiger partial charge is 0.357 e. The van der Waals surface area contributed by atoms with Crippen LogP contribution >= 0.6 is 12.2 Å². The van der Waals surface area contributed by atoms with Gasteiger partial charge in [-0.2, -0.15) is 5.10 Å². The highest BCUT2D eigenvalue weighted by Gasteiger charge is 2.19. The van der Waals surface area contributed by atoms with Crippen molar-refractivity contribution in [3.63, 3.8) is 0 Å². The Hall–Kier alpha value is -3.26. The van der Waals surface area contributed by atoms with E-state index < -0.39 is 0 Å². The van der Waals surface area contributed by atoms with Crippen LogP contribution in [0, 0.1) is 0 Å². The van der Waals surface area contributed by atoms with Gasteiger partial charge in [-0.15, -0.1) is 0 Å². The summed E-state index contributed by atoms with van der Waals surface area (Å²) in [4.78, 5) is 16.9. The molecule has 3 N–H and O–H groups in total. The molecule has 3 rings (SSSR count). The lowest BCUT2D eigenvalue weighted by Crippen LogP contribution is -2.52. The average molecular weight is 395 g/mol. The molecular weight excluding hydrogens is 372 g/mol. The van der Waals surface area contributed by atoms with Crippen LogP contribution in [0.15, 0.2) is 61.1 Å². The molecule has 0 aliphatic rings. The summed E-state index contributed by atoms with van der Waals surface area (Å²) in [7, 11) is 0. The minimum atomic E-state index is -0.348. The summed E-state index contributed by atoms with van der Waals surface area (Å²) in [6, 6.07) is 13.3. The van der Waals surface area contributed by atoms with Gasteiger partial charge in [-0.25, -0.2) is 4.68 Å². The van der Waals surface area contributed by atoms with Crippen LogP contribution in [0.2, 0.25) is 0 Å². The summed E-state index contributed by atoms with van der Waals surface area (Å²) >= 11 is 5.21. The van der Waals surface area contributed by atoms with Crippen LogP contribution in [-0.4, -0.2) is 31.3 Å². The number of thiocarbonyl (C=S) groups is 1. The highest BCUT2D eigenvalue weighted by molar-refractivity contribution is 7.80. The predicted octanol–water partition coefficient (Wildman–Crippen LogP) is 2.84. The summed E-state index contributed by atoms with van der Waals surface area (Å²) < 4.78 is 1.67. The molecule has 0 spiro atoms. The van der Waals surface area contributed by atoms with E-state index >= 15 is 0 Å². The third-order valence-electron chi connectivity index (χ3n) is 3.69. The molecule has 0 radical (unpaired) electrons. The first-order chi connectivity index (χ1) is 13.3. The van der Waals surface area contributed by atoms with Crippen LogP contribution in [0.4, 0.5) is 0 Å². The standard InChI is InChI=1S/C20H22N6OS/c1-20(2,3)22-19(28)24-23-18(27)16-13-26(15-9-5-4-6-10-15)25-17(16)14-8-7-11-21-12-14/h4-13H,1-3H3,(H,23,27)(H2,22,24,28). The molecule has 1 amide bonds. The van der Waals surface area contributed by atoms with Crippen molar-refractivity contribution in [2.24, 2.45) is 0 Å². The Bertz CT molecular complexity index is 963. The summed E-state index contributed by atoms with van der Waals surface area (Å²) in [6.45, 7) is 5.94. The maximum atomic E-state index is 12.8. The Morgan fingerprint density at radius 2 is 1.82 bits per heavy atom. The highest BCUT2D eigenvalue weighted by Crippen LogP contribution is 2.22. The van der Waals surface area contributed by atoms with Gasteiger partial charge >= 0.3 is 0 Å². The molecule has 8 heteroatoms. The molecule has 1 aromatic carbocycles. The molecule has 144 valence electrons. The number of para-hydroxylation sites is 1. The lowest BCUT2D eigenvalue weighted by Gasteiger charge is -2.23. The van der Waals surface area contributed by atoms with E-state index in [1.807, 2.05) is 57.2 Å². The number of amides is 1. The van der Waals surface area contributed by atoms with Crippen LogP contribution in [0.5, 0.6) is 0 Å². The highest BCUT2D eigenvalue weighted by atomic mass is 32.1.